The van der Waals surface area contributed by atoms with Crippen LogP contribution in [0.3, 0.4) is 0 Å². The average molecular weight is 357 g/mol. The van der Waals surface area contributed by atoms with Crippen LogP contribution >= 0.6 is 0 Å². The number of benzene rings is 1. The zero-order valence-electron chi connectivity index (χ0n) is 14.1. The molecule has 1 aliphatic rings. The van der Waals surface area contributed by atoms with Gasteiger partial charge >= 0.3 is 16.0 Å². The number of ether oxygens (including phenoxy) is 1. The highest BCUT2D eigenvalue weighted by Crippen LogP contribution is 2.29. The number of hydrogen-bond acceptors (Lipinski definition) is 5. The fourth-order valence-electron chi connectivity index (χ4n) is 2.93. The molecule has 0 radical (unpaired) electrons. The van der Waals surface area contributed by atoms with Crippen molar-refractivity contribution >= 4 is 16.0 Å². The van der Waals surface area contributed by atoms with Crippen LogP contribution < -0.4 is 10.1 Å². The summed E-state index contributed by atoms with van der Waals surface area (Å²) in [5.74, 6) is -0.992. The van der Waals surface area contributed by atoms with Crippen molar-refractivity contribution in [2.24, 2.45) is 0 Å². The van der Waals surface area contributed by atoms with Gasteiger partial charge in [0.15, 0.2) is 0 Å². The van der Waals surface area contributed by atoms with Gasteiger partial charge in [-0.05, 0) is 31.5 Å². The van der Waals surface area contributed by atoms with Crippen LogP contribution in [0.5, 0.6) is 5.75 Å². The minimum absolute atomic E-state index is 0.0347. The smallest absolute Gasteiger partial charge is 0.339 e. The van der Waals surface area contributed by atoms with Crippen LogP contribution in [-0.4, -0.2) is 62.7 Å². The van der Waals surface area contributed by atoms with Gasteiger partial charge in [-0.1, -0.05) is 6.92 Å². The fraction of sp³-hybridized carbons (Fsp3) is 0.562. The molecule has 1 heterocycles. The summed E-state index contributed by atoms with van der Waals surface area (Å²) in [5, 5.41) is 12.6. The highest BCUT2D eigenvalue weighted by atomic mass is 32.2. The Kier molecular flexibility index (Phi) is 5.84. The van der Waals surface area contributed by atoms with E-state index < -0.39 is 16.0 Å². The van der Waals surface area contributed by atoms with E-state index in [1.54, 1.807) is 0 Å². The fourth-order valence-corrected chi connectivity index (χ4v) is 4.88. The van der Waals surface area contributed by atoms with Crippen molar-refractivity contribution in [3.05, 3.63) is 23.8 Å². The molecule has 0 atom stereocenters. The van der Waals surface area contributed by atoms with E-state index in [2.05, 4.69) is 5.32 Å². The number of rotatable bonds is 7. The molecule has 0 aliphatic carbocycles. The maximum absolute atomic E-state index is 13.2. The van der Waals surface area contributed by atoms with E-state index in [1.807, 2.05) is 13.8 Å². The maximum atomic E-state index is 13.2. The normalized spacial score (nSPS) is 17.4. The Morgan fingerprint density at radius 2 is 1.96 bits per heavy atom. The van der Waals surface area contributed by atoms with Crippen LogP contribution in [0.1, 0.15) is 30.6 Å². The maximum Gasteiger partial charge on any atom is 0.339 e. The molecule has 0 unspecified atom stereocenters. The minimum atomic E-state index is -3.69. The molecule has 8 heteroatoms. The summed E-state index contributed by atoms with van der Waals surface area (Å²) >= 11 is 0. The SMILES string of the molecule is CCCOc1ccc(S(=O)(=O)[N+]2(CC)CCNCC2)cc1C(=O)O. The van der Waals surface area contributed by atoms with Crippen molar-refractivity contribution in [1.29, 1.82) is 0 Å². The van der Waals surface area contributed by atoms with Crippen molar-refractivity contribution < 1.29 is 26.9 Å². The molecule has 2 rings (SSSR count). The number of quaternary nitrogens is 1. The van der Waals surface area contributed by atoms with Gasteiger partial charge in [0.1, 0.15) is 29.3 Å². The third-order valence-corrected chi connectivity index (χ3v) is 6.91. The number of carbonyl (C=O) groups is 1. The largest absolute Gasteiger partial charge is 0.493 e. The number of carboxylic acid groups (broad SMARTS) is 1. The predicted octanol–water partition coefficient (Wildman–Crippen LogP) is 1.30. The second-order valence-corrected chi connectivity index (χ2v) is 8.05. The average Bonchev–Trinajstić information content (AvgIpc) is 2.60. The van der Waals surface area contributed by atoms with E-state index in [4.69, 9.17) is 4.74 Å². The van der Waals surface area contributed by atoms with Gasteiger partial charge in [0.2, 0.25) is 0 Å². The lowest BCUT2D eigenvalue weighted by Crippen LogP contribution is -2.61. The highest BCUT2D eigenvalue weighted by Gasteiger charge is 2.43. The molecular formula is C16H25N2O5S+. The second-order valence-electron chi connectivity index (χ2n) is 5.86. The summed E-state index contributed by atoms with van der Waals surface area (Å²) in [7, 11) is -3.69. The van der Waals surface area contributed by atoms with Crippen molar-refractivity contribution in [3.63, 3.8) is 0 Å². The van der Waals surface area contributed by atoms with Gasteiger partial charge in [0, 0.05) is 13.1 Å². The Bertz CT molecular complexity index is 696. The quantitative estimate of drug-likeness (QED) is 0.715. The first-order valence-corrected chi connectivity index (χ1v) is 9.64. The number of likely N-dealkylation sites (N-methyl/N-ethyl adjacent to an activating group) is 1. The van der Waals surface area contributed by atoms with Crippen LogP contribution in [0.2, 0.25) is 0 Å². The Morgan fingerprint density at radius 1 is 1.29 bits per heavy atom. The Morgan fingerprint density at radius 3 is 2.50 bits per heavy atom. The molecule has 1 aliphatic heterocycles. The molecule has 0 bridgehead atoms. The van der Waals surface area contributed by atoms with Crippen molar-refractivity contribution in [2.45, 2.75) is 25.2 Å². The molecule has 0 amide bonds. The van der Waals surface area contributed by atoms with Crippen LogP contribution in [-0.2, 0) is 10.0 Å². The van der Waals surface area contributed by atoms with Crippen molar-refractivity contribution in [1.82, 2.24) is 5.32 Å². The molecule has 134 valence electrons. The first kappa shape index (κ1) is 18.7. The van der Waals surface area contributed by atoms with Gasteiger partial charge in [-0.3, -0.25) is 0 Å². The molecule has 0 aromatic heterocycles. The molecule has 7 nitrogen and oxygen atoms in total. The molecular weight excluding hydrogens is 332 g/mol. The lowest BCUT2D eigenvalue weighted by atomic mass is 10.2. The lowest BCUT2D eigenvalue weighted by Gasteiger charge is -2.39. The molecule has 1 fully saturated rings. The lowest BCUT2D eigenvalue weighted by molar-refractivity contribution is -0.806. The third kappa shape index (κ3) is 3.40. The number of aromatic carboxylic acids is 1. The van der Waals surface area contributed by atoms with Crippen molar-refractivity contribution in [3.8, 4) is 5.75 Å². The Labute approximate surface area is 142 Å². The first-order valence-electron chi connectivity index (χ1n) is 8.20. The standard InChI is InChI=1S/C16H24N2O5S/c1-3-11-23-15-6-5-13(12-14(15)16(19)20)24(21,22)18(4-2)9-7-17-8-10-18/h5-6,12,17H,3-4,7-11H2,1-2H3/p+1. The van der Waals surface area contributed by atoms with E-state index in [0.717, 1.165) is 6.42 Å². The number of hydrogen-bond donors (Lipinski definition) is 2. The van der Waals surface area contributed by atoms with Crippen LogP contribution in [0.4, 0.5) is 0 Å². The zero-order valence-corrected chi connectivity index (χ0v) is 14.9. The molecule has 24 heavy (non-hydrogen) atoms. The number of nitrogens with one attached hydrogen (secondary N) is 1. The van der Waals surface area contributed by atoms with Gasteiger partial charge in [-0.15, -0.1) is 0 Å². The summed E-state index contributed by atoms with van der Waals surface area (Å²) in [6, 6.07) is 4.12. The van der Waals surface area contributed by atoms with Gasteiger partial charge in [0.05, 0.1) is 13.2 Å². The number of piperazine rings is 1. The number of sulfonamides is 1. The zero-order chi connectivity index (χ0) is 17.8. The van der Waals surface area contributed by atoms with Gasteiger partial charge < -0.3 is 15.2 Å². The van der Waals surface area contributed by atoms with E-state index in [0.29, 0.717) is 39.3 Å². The molecule has 0 spiro atoms. The molecule has 0 saturated carbocycles. The Balaban J connectivity index is 2.46. The summed E-state index contributed by atoms with van der Waals surface area (Å²) in [6.07, 6.45) is 0.738. The summed E-state index contributed by atoms with van der Waals surface area (Å²) in [6.45, 7) is 6.77. The van der Waals surface area contributed by atoms with Gasteiger partial charge in [-0.2, -0.15) is 8.42 Å². The van der Waals surface area contributed by atoms with Crippen LogP contribution in [0.25, 0.3) is 0 Å². The molecule has 2 N–H and O–H groups in total. The Hall–Kier alpha value is -1.64. The monoisotopic (exact) mass is 357 g/mol. The van der Waals surface area contributed by atoms with E-state index >= 15 is 0 Å². The summed E-state index contributed by atoms with van der Waals surface area (Å²) in [4.78, 5) is 11.5. The van der Waals surface area contributed by atoms with E-state index in [9.17, 15) is 18.3 Å². The molecule has 1 aromatic carbocycles. The van der Waals surface area contributed by atoms with E-state index in [-0.39, 0.29) is 20.1 Å². The molecule has 1 saturated heterocycles. The number of nitrogens with zero attached hydrogens (tertiary/aromatic N) is 1. The van der Waals surface area contributed by atoms with Crippen LogP contribution in [0, 0.1) is 0 Å². The second kappa shape index (κ2) is 7.50. The number of carboxylic acids is 1. The van der Waals surface area contributed by atoms with Crippen LogP contribution in [0.15, 0.2) is 23.1 Å². The van der Waals surface area contributed by atoms with Gasteiger partial charge in [0.25, 0.3) is 0 Å². The van der Waals surface area contributed by atoms with Crippen molar-refractivity contribution in [2.75, 3.05) is 39.3 Å². The van der Waals surface area contributed by atoms with E-state index in [1.165, 1.54) is 18.2 Å². The highest BCUT2D eigenvalue weighted by molar-refractivity contribution is 7.86. The molecule has 1 aromatic rings. The first-order chi connectivity index (χ1) is 11.4. The summed E-state index contributed by atoms with van der Waals surface area (Å²) in [5.41, 5.74) is -0.117. The van der Waals surface area contributed by atoms with Gasteiger partial charge in [-0.25, -0.2) is 8.68 Å². The predicted molar refractivity (Wildman–Crippen MR) is 89.8 cm³/mol. The topological polar surface area (TPSA) is 92.7 Å². The minimum Gasteiger partial charge on any atom is -0.493 e. The summed E-state index contributed by atoms with van der Waals surface area (Å²) < 4.78 is 31.7. The third-order valence-electron chi connectivity index (χ3n) is 4.42.